The van der Waals surface area contributed by atoms with Gasteiger partial charge in [-0.1, -0.05) is 19.8 Å². The molecule has 18 heavy (non-hydrogen) atoms. The highest BCUT2D eigenvalue weighted by Crippen LogP contribution is 2.32. The summed E-state index contributed by atoms with van der Waals surface area (Å²) in [5.41, 5.74) is -0.915. The molecule has 3 unspecified atom stereocenters. The van der Waals surface area contributed by atoms with E-state index >= 15 is 0 Å². The highest BCUT2D eigenvalue weighted by Gasteiger charge is 2.38. The van der Waals surface area contributed by atoms with E-state index in [4.69, 9.17) is 5.11 Å². The number of carbonyl (C=O) groups excluding carboxylic acids is 1. The molecule has 104 valence electrons. The molecule has 3 atom stereocenters. The molecular weight excluding hydrogens is 234 g/mol. The third-order valence-corrected chi connectivity index (χ3v) is 3.60. The molecule has 1 amide bonds. The van der Waals surface area contributed by atoms with Crippen molar-refractivity contribution in [3.8, 4) is 0 Å². The fourth-order valence-electron chi connectivity index (χ4n) is 2.61. The number of nitrogens with one attached hydrogen (secondary N) is 1. The van der Waals surface area contributed by atoms with Gasteiger partial charge in [0, 0.05) is 6.54 Å². The summed E-state index contributed by atoms with van der Waals surface area (Å²) >= 11 is 0. The molecule has 1 fully saturated rings. The van der Waals surface area contributed by atoms with Crippen molar-refractivity contribution < 1.29 is 19.8 Å². The van der Waals surface area contributed by atoms with Gasteiger partial charge in [0.15, 0.2) is 0 Å². The predicted molar refractivity (Wildman–Crippen MR) is 67.0 cm³/mol. The molecule has 1 aliphatic rings. The molecular formula is C13H23NO4. The molecule has 1 rings (SSSR count). The number of rotatable bonds is 6. The largest absolute Gasteiger partial charge is 0.481 e. The fourth-order valence-corrected chi connectivity index (χ4v) is 2.61. The van der Waals surface area contributed by atoms with Crippen molar-refractivity contribution in [2.24, 2.45) is 11.8 Å². The third-order valence-electron chi connectivity index (χ3n) is 3.60. The van der Waals surface area contributed by atoms with E-state index in [0.29, 0.717) is 19.3 Å². The van der Waals surface area contributed by atoms with Gasteiger partial charge in [-0.3, -0.25) is 9.59 Å². The molecule has 0 aliphatic heterocycles. The van der Waals surface area contributed by atoms with Crippen molar-refractivity contribution in [3.63, 3.8) is 0 Å². The van der Waals surface area contributed by atoms with Gasteiger partial charge in [0.1, 0.15) is 0 Å². The Morgan fingerprint density at radius 1 is 1.33 bits per heavy atom. The monoisotopic (exact) mass is 257 g/mol. The van der Waals surface area contributed by atoms with Crippen LogP contribution in [0.15, 0.2) is 0 Å². The minimum atomic E-state index is -0.915. The molecule has 3 N–H and O–H groups in total. The second kappa shape index (κ2) is 6.18. The van der Waals surface area contributed by atoms with Gasteiger partial charge in [0.2, 0.25) is 5.91 Å². The molecule has 0 aromatic rings. The summed E-state index contributed by atoms with van der Waals surface area (Å²) < 4.78 is 0. The van der Waals surface area contributed by atoms with Crippen LogP contribution in [0.3, 0.4) is 0 Å². The predicted octanol–water partition coefficient (Wildman–Crippen LogP) is 1.15. The van der Waals surface area contributed by atoms with E-state index in [-0.39, 0.29) is 12.5 Å². The second-order valence-corrected chi connectivity index (χ2v) is 5.45. The minimum absolute atomic E-state index is 0.183. The van der Waals surface area contributed by atoms with E-state index in [1.54, 1.807) is 6.92 Å². The smallest absolute Gasteiger partial charge is 0.307 e. The van der Waals surface area contributed by atoms with E-state index in [2.05, 4.69) is 5.32 Å². The number of aliphatic hydroxyl groups is 1. The summed E-state index contributed by atoms with van der Waals surface area (Å²) in [7, 11) is 0. The van der Waals surface area contributed by atoms with E-state index in [1.807, 2.05) is 6.92 Å². The Balaban J connectivity index is 2.48. The van der Waals surface area contributed by atoms with Crippen LogP contribution in [0, 0.1) is 11.8 Å². The minimum Gasteiger partial charge on any atom is -0.481 e. The van der Waals surface area contributed by atoms with Crippen LogP contribution in [0.2, 0.25) is 0 Å². The van der Waals surface area contributed by atoms with Gasteiger partial charge >= 0.3 is 5.97 Å². The summed E-state index contributed by atoms with van der Waals surface area (Å²) in [4.78, 5) is 22.9. The molecule has 0 radical (unpaired) electrons. The lowest BCUT2D eigenvalue weighted by Crippen LogP contribution is -2.44. The Morgan fingerprint density at radius 3 is 2.50 bits per heavy atom. The van der Waals surface area contributed by atoms with Gasteiger partial charge in [-0.15, -0.1) is 0 Å². The summed E-state index contributed by atoms with van der Waals surface area (Å²) in [6.45, 7) is 3.83. The van der Waals surface area contributed by atoms with E-state index in [0.717, 1.165) is 12.8 Å². The number of carboxylic acids is 1. The zero-order valence-corrected chi connectivity index (χ0v) is 11.1. The summed E-state index contributed by atoms with van der Waals surface area (Å²) in [5, 5.41) is 21.6. The number of hydrogen-bond donors (Lipinski definition) is 3. The number of carbonyl (C=O) groups is 2. The van der Waals surface area contributed by atoms with E-state index in [9.17, 15) is 14.7 Å². The van der Waals surface area contributed by atoms with Crippen LogP contribution in [0.1, 0.15) is 46.0 Å². The maximum atomic E-state index is 11.9. The van der Waals surface area contributed by atoms with Crippen LogP contribution < -0.4 is 5.32 Å². The van der Waals surface area contributed by atoms with Crippen LogP contribution in [0.4, 0.5) is 0 Å². The molecule has 0 heterocycles. The second-order valence-electron chi connectivity index (χ2n) is 5.45. The highest BCUT2D eigenvalue weighted by molar-refractivity contribution is 5.85. The van der Waals surface area contributed by atoms with Crippen LogP contribution in [-0.4, -0.2) is 34.2 Å². The Kier molecular flexibility index (Phi) is 5.14. The van der Waals surface area contributed by atoms with Crippen molar-refractivity contribution in [1.29, 1.82) is 0 Å². The first-order valence-electron chi connectivity index (χ1n) is 6.60. The van der Waals surface area contributed by atoms with Gasteiger partial charge in [-0.25, -0.2) is 0 Å². The van der Waals surface area contributed by atoms with Crippen molar-refractivity contribution >= 4 is 11.9 Å². The Morgan fingerprint density at radius 2 is 1.94 bits per heavy atom. The molecule has 0 aromatic carbocycles. The van der Waals surface area contributed by atoms with Crippen molar-refractivity contribution in [2.45, 2.75) is 51.6 Å². The number of hydrogen-bond acceptors (Lipinski definition) is 3. The van der Waals surface area contributed by atoms with Crippen molar-refractivity contribution in [3.05, 3.63) is 0 Å². The van der Waals surface area contributed by atoms with Gasteiger partial charge in [0.25, 0.3) is 0 Å². The zero-order chi connectivity index (χ0) is 13.8. The van der Waals surface area contributed by atoms with Gasteiger partial charge < -0.3 is 15.5 Å². The number of carboxylic acid groups (broad SMARTS) is 1. The maximum Gasteiger partial charge on any atom is 0.307 e. The quantitative estimate of drug-likeness (QED) is 0.666. The Hall–Kier alpha value is -1.10. The molecule has 1 saturated carbocycles. The third kappa shape index (κ3) is 3.98. The van der Waals surface area contributed by atoms with E-state index in [1.165, 1.54) is 0 Å². The van der Waals surface area contributed by atoms with Crippen molar-refractivity contribution in [1.82, 2.24) is 5.32 Å². The standard InChI is InChI=1S/C13H23NO4/c1-3-7-13(2,18)8-14-11(15)9-5-4-6-10(9)12(16)17/h9-10,18H,3-8H2,1-2H3,(H,14,15)(H,16,17). The molecule has 0 saturated heterocycles. The molecule has 0 bridgehead atoms. The average molecular weight is 257 g/mol. The molecule has 0 spiro atoms. The first kappa shape index (κ1) is 15.0. The zero-order valence-electron chi connectivity index (χ0n) is 11.1. The molecule has 5 nitrogen and oxygen atoms in total. The summed E-state index contributed by atoms with van der Waals surface area (Å²) in [5.74, 6) is -2.15. The van der Waals surface area contributed by atoms with Gasteiger partial charge in [-0.2, -0.15) is 0 Å². The lowest BCUT2D eigenvalue weighted by molar-refractivity contribution is -0.146. The molecule has 0 aromatic heterocycles. The van der Waals surface area contributed by atoms with Crippen LogP contribution in [0.5, 0.6) is 0 Å². The SMILES string of the molecule is CCCC(C)(O)CNC(=O)C1CCCC1C(=O)O. The summed E-state index contributed by atoms with van der Waals surface area (Å²) in [6.07, 6.45) is 3.42. The van der Waals surface area contributed by atoms with Gasteiger partial charge in [-0.05, 0) is 26.2 Å². The topological polar surface area (TPSA) is 86.6 Å². The normalized spacial score (nSPS) is 26.6. The van der Waals surface area contributed by atoms with Crippen molar-refractivity contribution in [2.75, 3.05) is 6.54 Å². The average Bonchev–Trinajstić information content (AvgIpc) is 2.74. The molecule has 1 aliphatic carbocycles. The summed E-state index contributed by atoms with van der Waals surface area (Å²) in [6, 6.07) is 0. The Bertz CT molecular complexity index is 314. The Labute approximate surface area is 108 Å². The van der Waals surface area contributed by atoms with Crippen LogP contribution in [-0.2, 0) is 9.59 Å². The highest BCUT2D eigenvalue weighted by atomic mass is 16.4. The lowest BCUT2D eigenvalue weighted by Gasteiger charge is -2.24. The molecule has 5 heteroatoms. The number of amides is 1. The number of aliphatic carboxylic acids is 1. The fraction of sp³-hybridized carbons (Fsp3) is 0.846. The first-order chi connectivity index (χ1) is 8.37. The first-order valence-corrected chi connectivity index (χ1v) is 6.60. The van der Waals surface area contributed by atoms with E-state index < -0.39 is 23.4 Å². The maximum absolute atomic E-state index is 11.9. The van der Waals surface area contributed by atoms with Gasteiger partial charge in [0.05, 0.1) is 17.4 Å². The van der Waals surface area contributed by atoms with Crippen LogP contribution in [0.25, 0.3) is 0 Å². The van der Waals surface area contributed by atoms with Crippen LogP contribution >= 0.6 is 0 Å². The lowest BCUT2D eigenvalue weighted by atomic mass is 9.94.